The summed E-state index contributed by atoms with van der Waals surface area (Å²) in [6.07, 6.45) is -4.54. The Hall–Kier alpha value is -3.36. The third kappa shape index (κ3) is 7.44. The van der Waals surface area contributed by atoms with Crippen LogP contribution in [0.15, 0.2) is 48.5 Å². The molecule has 0 aliphatic carbocycles. The van der Waals surface area contributed by atoms with Gasteiger partial charge in [0.2, 0.25) is 0 Å². The molecular weight excluding hydrogens is 413 g/mol. The van der Waals surface area contributed by atoms with Crippen LogP contribution in [0.25, 0.3) is 0 Å². The maximum absolute atomic E-state index is 12.7. The number of carbonyl (C=O) groups excluding carboxylic acids is 3. The molecule has 0 fully saturated rings. The van der Waals surface area contributed by atoms with Gasteiger partial charge in [-0.1, -0.05) is 39.0 Å². The number of rotatable bonds is 6. The van der Waals surface area contributed by atoms with E-state index in [-0.39, 0.29) is 11.1 Å². The van der Waals surface area contributed by atoms with E-state index in [9.17, 15) is 27.6 Å². The highest BCUT2D eigenvalue weighted by Gasteiger charge is 2.30. The number of halogens is 3. The molecule has 2 aromatic rings. The molecule has 0 aromatic heterocycles. The third-order valence-electron chi connectivity index (χ3n) is 4.24. The second-order valence-electron chi connectivity index (χ2n) is 7.80. The molecule has 2 amide bonds. The number of hydrogen-bond donors (Lipinski definition) is 2. The minimum atomic E-state index is -4.54. The zero-order valence-electron chi connectivity index (χ0n) is 17.3. The van der Waals surface area contributed by atoms with E-state index in [1.54, 1.807) is 12.1 Å². The lowest BCUT2D eigenvalue weighted by molar-refractivity contribution is -0.146. The van der Waals surface area contributed by atoms with E-state index in [0.717, 1.165) is 23.8 Å². The summed E-state index contributed by atoms with van der Waals surface area (Å²) < 4.78 is 42.8. The summed E-state index contributed by atoms with van der Waals surface area (Å²) in [4.78, 5) is 35.6. The van der Waals surface area contributed by atoms with Crippen LogP contribution in [0.1, 0.15) is 42.3 Å². The Morgan fingerprint density at radius 1 is 0.935 bits per heavy atom. The second kappa shape index (κ2) is 9.63. The first-order valence-electron chi connectivity index (χ1n) is 9.38. The van der Waals surface area contributed by atoms with Crippen molar-refractivity contribution in [3.8, 4) is 0 Å². The van der Waals surface area contributed by atoms with Gasteiger partial charge in [0.25, 0.3) is 11.8 Å². The van der Waals surface area contributed by atoms with E-state index < -0.39 is 42.7 Å². The summed E-state index contributed by atoms with van der Waals surface area (Å²) in [6.45, 7) is 4.96. The lowest BCUT2D eigenvalue weighted by Gasteiger charge is -2.19. The molecule has 0 atom stereocenters. The van der Waals surface area contributed by atoms with Crippen molar-refractivity contribution in [1.82, 2.24) is 5.32 Å². The van der Waals surface area contributed by atoms with Gasteiger partial charge in [0.15, 0.2) is 6.61 Å². The molecule has 2 aromatic carbocycles. The van der Waals surface area contributed by atoms with Gasteiger partial charge < -0.3 is 15.4 Å². The molecule has 0 aliphatic rings. The van der Waals surface area contributed by atoms with E-state index in [4.69, 9.17) is 4.74 Å². The molecule has 2 rings (SSSR count). The van der Waals surface area contributed by atoms with Gasteiger partial charge in [0.1, 0.15) is 6.54 Å². The van der Waals surface area contributed by atoms with Crippen LogP contribution in [0.4, 0.5) is 18.9 Å². The molecule has 166 valence electrons. The summed E-state index contributed by atoms with van der Waals surface area (Å²) in [7, 11) is 0. The Kier molecular flexibility index (Phi) is 7.43. The summed E-state index contributed by atoms with van der Waals surface area (Å²) in [6, 6.07) is 11.0. The number of benzene rings is 2. The topological polar surface area (TPSA) is 84.5 Å². The normalized spacial score (nSPS) is 11.5. The van der Waals surface area contributed by atoms with Gasteiger partial charge in [-0.05, 0) is 41.3 Å². The number of amides is 2. The van der Waals surface area contributed by atoms with Gasteiger partial charge in [-0.25, -0.2) is 0 Å². The van der Waals surface area contributed by atoms with Crippen LogP contribution in [-0.2, 0) is 25.9 Å². The van der Waals surface area contributed by atoms with E-state index in [1.165, 1.54) is 6.07 Å². The Morgan fingerprint density at radius 2 is 1.58 bits per heavy atom. The van der Waals surface area contributed by atoms with Gasteiger partial charge in [-0.3, -0.25) is 14.4 Å². The molecule has 31 heavy (non-hydrogen) atoms. The van der Waals surface area contributed by atoms with Crippen molar-refractivity contribution < 1.29 is 32.3 Å². The van der Waals surface area contributed by atoms with Crippen LogP contribution >= 0.6 is 0 Å². The average Bonchev–Trinajstić information content (AvgIpc) is 2.69. The molecule has 2 N–H and O–H groups in total. The quantitative estimate of drug-likeness (QED) is 0.673. The maximum Gasteiger partial charge on any atom is 0.416 e. The largest absolute Gasteiger partial charge is 0.454 e. The first-order chi connectivity index (χ1) is 14.4. The Labute approximate surface area is 177 Å². The van der Waals surface area contributed by atoms with Crippen molar-refractivity contribution in [1.29, 1.82) is 0 Å². The van der Waals surface area contributed by atoms with Crippen molar-refractivity contribution in [2.45, 2.75) is 32.4 Å². The molecule has 0 unspecified atom stereocenters. The molecule has 0 bridgehead atoms. The molecule has 0 saturated carbocycles. The molecule has 9 heteroatoms. The summed E-state index contributed by atoms with van der Waals surface area (Å²) in [5, 5.41) is 4.60. The number of ether oxygens (including phenoxy) is 1. The summed E-state index contributed by atoms with van der Waals surface area (Å²) in [5.74, 6) is -2.15. The Morgan fingerprint density at radius 3 is 2.16 bits per heavy atom. The van der Waals surface area contributed by atoms with Crippen molar-refractivity contribution >= 4 is 23.5 Å². The number of nitrogens with one attached hydrogen (secondary N) is 2. The van der Waals surface area contributed by atoms with Crippen LogP contribution < -0.4 is 10.6 Å². The second-order valence-corrected chi connectivity index (χ2v) is 7.80. The van der Waals surface area contributed by atoms with E-state index >= 15 is 0 Å². The number of anilines is 1. The van der Waals surface area contributed by atoms with Gasteiger partial charge in [-0.15, -0.1) is 0 Å². The van der Waals surface area contributed by atoms with Crippen molar-refractivity contribution in [3.63, 3.8) is 0 Å². The predicted molar refractivity (Wildman–Crippen MR) is 109 cm³/mol. The van der Waals surface area contributed by atoms with Crippen LogP contribution in [0.3, 0.4) is 0 Å². The average molecular weight is 436 g/mol. The van der Waals surface area contributed by atoms with Gasteiger partial charge in [0.05, 0.1) is 5.56 Å². The van der Waals surface area contributed by atoms with E-state index in [0.29, 0.717) is 5.56 Å². The van der Waals surface area contributed by atoms with Gasteiger partial charge >= 0.3 is 12.1 Å². The van der Waals surface area contributed by atoms with Gasteiger partial charge in [0, 0.05) is 11.3 Å². The van der Waals surface area contributed by atoms with Crippen LogP contribution in [0.2, 0.25) is 0 Å². The first kappa shape index (κ1) is 23.9. The van der Waals surface area contributed by atoms with E-state index in [2.05, 4.69) is 10.6 Å². The van der Waals surface area contributed by atoms with Gasteiger partial charge in [-0.2, -0.15) is 13.2 Å². The molecule has 0 heterocycles. The molecule has 0 aliphatic heterocycles. The van der Waals surface area contributed by atoms with Crippen molar-refractivity contribution in [3.05, 3.63) is 65.2 Å². The Bertz CT molecular complexity index is 948. The predicted octanol–water partition coefficient (Wildman–Crippen LogP) is 3.91. The monoisotopic (exact) mass is 436 g/mol. The minimum Gasteiger partial charge on any atom is -0.454 e. The highest BCUT2D eigenvalue weighted by molar-refractivity contribution is 5.96. The fourth-order valence-electron chi connectivity index (χ4n) is 2.54. The summed E-state index contributed by atoms with van der Waals surface area (Å²) in [5.41, 5.74) is 0.356. The van der Waals surface area contributed by atoms with E-state index in [1.807, 2.05) is 32.9 Å². The fraction of sp³-hybridized carbons (Fsp3) is 0.318. The zero-order chi connectivity index (χ0) is 23.2. The van der Waals surface area contributed by atoms with Crippen LogP contribution in [-0.4, -0.2) is 30.9 Å². The Balaban J connectivity index is 1.79. The SMILES string of the molecule is CC(C)(C)c1ccc(C(=O)NCC(=O)OCC(=O)Nc2cccc(C(F)(F)F)c2)cc1. The summed E-state index contributed by atoms with van der Waals surface area (Å²) >= 11 is 0. The molecular formula is C22H23F3N2O4. The minimum absolute atomic E-state index is 0.0621. The number of alkyl halides is 3. The zero-order valence-corrected chi connectivity index (χ0v) is 17.3. The highest BCUT2D eigenvalue weighted by atomic mass is 19.4. The number of esters is 1. The van der Waals surface area contributed by atoms with Crippen LogP contribution in [0.5, 0.6) is 0 Å². The van der Waals surface area contributed by atoms with Crippen molar-refractivity contribution in [2.24, 2.45) is 0 Å². The lowest BCUT2D eigenvalue weighted by Crippen LogP contribution is -2.32. The maximum atomic E-state index is 12.7. The van der Waals surface area contributed by atoms with Crippen LogP contribution in [0, 0.1) is 0 Å². The smallest absolute Gasteiger partial charge is 0.416 e. The molecule has 6 nitrogen and oxygen atoms in total. The molecule has 0 spiro atoms. The number of hydrogen-bond acceptors (Lipinski definition) is 4. The highest BCUT2D eigenvalue weighted by Crippen LogP contribution is 2.30. The third-order valence-corrected chi connectivity index (χ3v) is 4.24. The van der Waals surface area contributed by atoms with Crippen molar-refractivity contribution in [2.75, 3.05) is 18.5 Å². The molecule has 0 radical (unpaired) electrons. The fourth-order valence-corrected chi connectivity index (χ4v) is 2.54. The lowest BCUT2D eigenvalue weighted by atomic mass is 9.87. The standard InChI is InChI=1S/C22H23F3N2O4/c1-21(2,3)15-9-7-14(8-10-15)20(30)26-12-19(29)31-13-18(28)27-17-6-4-5-16(11-17)22(23,24)25/h4-11H,12-13H2,1-3H3,(H,26,30)(H,27,28). The molecule has 0 saturated heterocycles. The number of carbonyl (C=O) groups is 3. The first-order valence-corrected chi connectivity index (χ1v) is 9.38.